The molecule has 0 saturated carbocycles. The van der Waals surface area contributed by atoms with E-state index < -0.39 is 0 Å². The molecule has 0 radical (unpaired) electrons. The lowest BCUT2D eigenvalue weighted by Crippen LogP contribution is -2.02. The van der Waals surface area contributed by atoms with Crippen molar-refractivity contribution in [2.75, 3.05) is 0 Å². The fraction of sp³-hybridized carbons (Fsp3) is 0.0588. The number of ether oxygens (including phenoxy) is 1. The maximum atomic E-state index is 11.2. The van der Waals surface area contributed by atoms with E-state index in [9.17, 15) is 4.79 Å². The molecular weight excluding hydrogens is 266 g/mol. The van der Waals surface area contributed by atoms with Gasteiger partial charge in [-0.15, -0.1) is 0 Å². The summed E-state index contributed by atoms with van der Waals surface area (Å²) in [6, 6.07) is 18.8. The van der Waals surface area contributed by atoms with Crippen LogP contribution in [-0.2, 0) is 4.79 Å². The van der Waals surface area contributed by atoms with Crippen molar-refractivity contribution in [2.24, 2.45) is 0 Å². The number of hydrogen-bond donors (Lipinski definition) is 0. The third-order valence-electron chi connectivity index (χ3n) is 2.99. The topological polar surface area (TPSA) is 52.3 Å². The average Bonchev–Trinajstić information content (AvgIpc) is 2.98. The summed E-state index contributed by atoms with van der Waals surface area (Å²) < 4.78 is 10.6. The fourth-order valence-electron chi connectivity index (χ4n) is 2.06. The minimum Gasteiger partial charge on any atom is -0.426 e. The van der Waals surface area contributed by atoms with Gasteiger partial charge in [0, 0.05) is 24.1 Å². The quantitative estimate of drug-likeness (QED) is 0.538. The van der Waals surface area contributed by atoms with E-state index in [1.807, 2.05) is 48.5 Å². The van der Waals surface area contributed by atoms with Crippen LogP contribution in [0.2, 0.25) is 0 Å². The lowest BCUT2D eigenvalue weighted by molar-refractivity contribution is -0.131. The summed E-state index contributed by atoms with van der Waals surface area (Å²) in [6.07, 6.45) is 0. The van der Waals surface area contributed by atoms with E-state index in [0.717, 1.165) is 11.1 Å². The molecule has 21 heavy (non-hydrogen) atoms. The number of carbonyl (C=O) groups is 1. The highest BCUT2D eigenvalue weighted by atomic mass is 16.5. The van der Waals surface area contributed by atoms with Crippen molar-refractivity contribution in [3.05, 3.63) is 60.7 Å². The molecule has 3 aromatic rings. The van der Waals surface area contributed by atoms with Gasteiger partial charge >= 0.3 is 5.97 Å². The van der Waals surface area contributed by atoms with Gasteiger partial charge in [-0.1, -0.05) is 47.6 Å². The second-order valence-corrected chi connectivity index (χ2v) is 4.53. The normalized spacial score (nSPS) is 10.3. The summed E-state index contributed by atoms with van der Waals surface area (Å²) in [5.41, 5.74) is 2.30. The van der Waals surface area contributed by atoms with Crippen molar-refractivity contribution in [2.45, 2.75) is 6.92 Å². The number of carbonyl (C=O) groups excluding carboxylic acids is 1. The van der Waals surface area contributed by atoms with Gasteiger partial charge in [-0.2, -0.15) is 0 Å². The molecule has 2 aromatic carbocycles. The molecule has 1 heterocycles. The van der Waals surface area contributed by atoms with E-state index in [0.29, 0.717) is 17.2 Å². The van der Waals surface area contributed by atoms with Crippen LogP contribution < -0.4 is 4.74 Å². The Hall–Kier alpha value is -2.88. The number of aromatic nitrogens is 1. The van der Waals surface area contributed by atoms with Crippen LogP contribution in [0.25, 0.3) is 22.6 Å². The van der Waals surface area contributed by atoms with Crippen LogP contribution >= 0.6 is 0 Å². The molecule has 0 bridgehead atoms. The summed E-state index contributed by atoms with van der Waals surface area (Å²) in [7, 11) is 0. The standard InChI is InChI=1S/C17H13NO3/c1-12(19)20-16-10-6-5-9-14(16)15-11-17(21-18-15)13-7-3-2-4-8-13/h2-11H,1H3. The van der Waals surface area contributed by atoms with Gasteiger partial charge in [0.25, 0.3) is 0 Å². The third kappa shape index (κ3) is 2.84. The Labute approximate surface area is 122 Å². The SMILES string of the molecule is CC(=O)Oc1ccccc1-c1cc(-c2ccccc2)on1. The smallest absolute Gasteiger partial charge is 0.308 e. The first-order valence-corrected chi connectivity index (χ1v) is 6.54. The number of benzene rings is 2. The Kier molecular flexibility index (Phi) is 3.51. The van der Waals surface area contributed by atoms with Gasteiger partial charge in [-0.3, -0.25) is 4.79 Å². The average molecular weight is 279 g/mol. The number of hydrogen-bond acceptors (Lipinski definition) is 4. The predicted octanol–water partition coefficient (Wildman–Crippen LogP) is 3.93. The molecule has 0 saturated heterocycles. The zero-order valence-electron chi connectivity index (χ0n) is 11.4. The van der Waals surface area contributed by atoms with Crippen LogP contribution in [0.1, 0.15) is 6.92 Å². The molecule has 104 valence electrons. The molecule has 3 rings (SSSR count). The van der Waals surface area contributed by atoms with Crippen molar-refractivity contribution in [3.63, 3.8) is 0 Å². The monoisotopic (exact) mass is 279 g/mol. The van der Waals surface area contributed by atoms with Crippen molar-refractivity contribution in [1.82, 2.24) is 5.16 Å². The second kappa shape index (κ2) is 5.63. The Balaban J connectivity index is 1.99. The van der Waals surface area contributed by atoms with E-state index in [4.69, 9.17) is 9.26 Å². The lowest BCUT2D eigenvalue weighted by Gasteiger charge is -2.05. The van der Waals surface area contributed by atoms with Gasteiger partial charge in [-0.25, -0.2) is 0 Å². The molecule has 0 amide bonds. The maximum Gasteiger partial charge on any atom is 0.308 e. The van der Waals surface area contributed by atoms with Gasteiger partial charge in [0.05, 0.1) is 0 Å². The first kappa shape index (κ1) is 13.1. The number of para-hydroxylation sites is 1. The highest BCUT2D eigenvalue weighted by molar-refractivity contribution is 5.76. The van der Waals surface area contributed by atoms with Crippen LogP contribution in [0.4, 0.5) is 0 Å². The molecule has 0 aliphatic carbocycles. The predicted molar refractivity (Wildman–Crippen MR) is 78.7 cm³/mol. The molecule has 0 atom stereocenters. The summed E-state index contributed by atoms with van der Waals surface area (Å²) in [5, 5.41) is 4.06. The van der Waals surface area contributed by atoms with Crippen molar-refractivity contribution >= 4 is 5.97 Å². The lowest BCUT2D eigenvalue weighted by atomic mass is 10.1. The molecule has 0 spiro atoms. The highest BCUT2D eigenvalue weighted by Crippen LogP contribution is 2.32. The number of rotatable bonds is 3. The molecule has 0 unspecified atom stereocenters. The molecule has 0 aliphatic heterocycles. The molecule has 0 N–H and O–H groups in total. The minimum atomic E-state index is -0.366. The van der Waals surface area contributed by atoms with Crippen LogP contribution in [0.5, 0.6) is 5.75 Å². The first-order valence-electron chi connectivity index (χ1n) is 6.54. The number of esters is 1. The molecule has 0 fully saturated rings. The van der Waals surface area contributed by atoms with Gasteiger partial charge in [-0.05, 0) is 12.1 Å². The van der Waals surface area contributed by atoms with E-state index in [-0.39, 0.29) is 5.97 Å². The summed E-state index contributed by atoms with van der Waals surface area (Å²) in [4.78, 5) is 11.2. The Morgan fingerprint density at radius 3 is 2.52 bits per heavy atom. The van der Waals surface area contributed by atoms with Crippen LogP contribution in [-0.4, -0.2) is 11.1 Å². The zero-order chi connectivity index (χ0) is 14.7. The van der Waals surface area contributed by atoms with Gasteiger partial charge in [0.1, 0.15) is 11.4 Å². The fourth-order valence-corrected chi connectivity index (χ4v) is 2.06. The van der Waals surface area contributed by atoms with Crippen molar-refractivity contribution in [1.29, 1.82) is 0 Å². The zero-order valence-corrected chi connectivity index (χ0v) is 11.4. The molecule has 4 nitrogen and oxygen atoms in total. The van der Waals surface area contributed by atoms with Gasteiger partial charge in [0.2, 0.25) is 0 Å². The van der Waals surface area contributed by atoms with E-state index in [2.05, 4.69) is 5.16 Å². The minimum absolute atomic E-state index is 0.366. The van der Waals surface area contributed by atoms with E-state index in [1.54, 1.807) is 12.1 Å². The Morgan fingerprint density at radius 1 is 1.05 bits per heavy atom. The summed E-state index contributed by atoms with van der Waals surface area (Å²) >= 11 is 0. The van der Waals surface area contributed by atoms with Crippen molar-refractivity contribution < 1.29 is 14.1 Å². The molecule has 4 heteroatoms. The van der Waals surface area contributed by atoms with Gasteiger partial charge in [0.15, 0.2) is 5.76 Å². The highest BCUT2D eigenvalue weighted by Gasteiger charge is 2.13. The second-order valence-electron chi connectivity index (χ2n) is 4.53. The van der Waals surface area contributed by atoms with Crippen molar-refractivity contribution in [3.8, 4) is 28.3 Å². The van der Waals surface area contributed by atoms with Crippen LogP contribution in [0, 0.1) is 0 Å². The largest absolute Gasteiger partial charge is 0.426 e. The summed E-state index contributed by atoms with van der Waals surface area (Å²) in [5.74, 6) is 0.773. The van der Waals surface area contributed by atoms with Crippen LogP contribution in [0.15, 0.2) is 65.2 Å². The molecular formula is C17H13NO3. The number of nitrogens with zero attached hydrogens (tertiary/aromatic N) is 1. The maximum absolute atomic E-state index is 11.2. The van der Waals surface area contributed by atoms with Gasteiger partial charge < -0.3 is 9.26 Å². The molecule has 1 aromatic heterocycles. The van der Waals surface area contributed by atoms with E-state index in [1.165, 1.54) is 6.92 Å². The Morgan fingerprint density at radius 2 is 1.76 bits per heavy atom. The molecule has 0 aliphatic rings. The van der Waals surface area contributed by atoms with Crippen LogP contribution in [0.3, 0.4) is 0 Å². The van der Waals surface area contributed by atoms with E-state index >= 15 is 0 Å². The first-order chi connectivity index (χ1) is 10.2. The third-order valence-corrected chi connectivity index (χ3v) is 2.99. The Bertz CT molecular complexity index is 762. The summed E-state index contributed by atoms with van der Waals surface area (Å²) in [6.45, 7) is 1.37.